The molecule has 1 aliphatic carbocycles. The van der Waals surface area contributed by atoms with Crippen LogP contribution in [0.4, 0.5) is 0 Å². The van der Waals surface area contributed by atoms with Gasteiger partial charge in [0.15, 0.2) is 6.29 Å². The fourth-order valence-electron chi connectivity index (χ4n) is 1.90. The van der Waals surface area contributed by atoms with E-state index in [1.54, 1.807) is 6.07 Å². The fourth-order valence-corrected chi connectivity index (χ4v) is 2.04. The summed E-state index contributed by atoms with van der Waals surface area (Å²) < 4.78 is 1.99. The molecular formula is C11H9ClN2O. The molecule has 1 saturated carbocycles. The molecule has 0 aliphatic heterocycles. The first-order valence-corrected chi connectivity index (χ1v) is 5.30. The number of hydrogen-bond acceptors (Lipinski definition) is 2. The Kier molecular flexibility index (Phi) is 1.83. The Morgan fingerprint density at radius 1 is 1.47 bits per heavy atom. The Morgan fingerprint density at radius 2 is 2.27 bits per heavy atom. The lowest BCUT2D eigenvalue weighted by Crippen LogP contribution is -1.99. The molecule has 0 atom stereocenters. The first-order chi connectivity index (χ1) is 7.29. The van der Waals surface area contributed by atoms with Crippen molar-refractivity contribution < 1.29 is 4.79 Å². The predicted molar refractivity (Wildman–Crippen MR) is 58.4 cm³/mol. The zero-order valence-electron chi connectivity index (χ0n) is 7.98. The SMILES string of the molecule is O=Cc1cc2ccc(Cl)nc2n1C1CC1. The molecule has 0 unspecified atom stereocenters. The molecule has 2 aromatic rings. The van der Waals surface area contributed by atoms with Crippen molar-refractivity contribution in [1.82, 2.24) is 9.55 Å². The highest BCUT2D eigenvalue weighted by Crippen LogP contribution is 2.38. The van der Waals surface area contributed by atoms with Crippen LogP contribution in [0.25, 0.3) is 11.0 Å². The lowest BCUT2D eigenvalue weighted by Gasteiger charge is -2.03. The van der Waals surface area contributed by atoms with E-state index in [0.29, 0.717) is 16.9 Å². The van der Waals surface area contributed by atoms with E-state index in [9.17, 15) is 4.79 Å². The summed E-state index contributed by atoms with van der Waals surface area (Å²) in [6.07, 6.45) is 3.13. The number of aldehydes is 1. The first-order valence-electron chi connectivity index (χ1n) is 4.92. The van der Waals surface area contributed by atoms with Crippen LogP contribution in [0.5, 0.6) is 0 Å². The second-order valence-corrected chi connectivity index (χ2v) is 4.22. The van der Waals surface area contributed by atoms with E-state index in [0.717, 1.165) is 30.2 Å². The normalized spacial score (nSPS) is 15.8. The lowest BCUT2D eigenvalue weighted by atomic mass is 10.3. The minimum Gasteiger partial charge on any atom is -0.320 e. The molecule has 76 valence electrons. The monoisotopic (exact) mass is 220 g/mol. The summed E-state index contributed by atoms with van der Waals surface area (Å²) in [5, 5.41) is 1.45. The number of halogens is 1. The standard InChI is InChI=1S/C11H9ClN2O/c12-10-4-1-7-5-9(6-15)14(8-2-3-8)11(7)13-10/h1,4-6,8H,2-3H2. The second kappa shape index (κ2) is 3.07. The van der Waals surface area contributed by atoms with Gasteiger partial charge in [0.25, 0.3) is 0 Å². The average Bonchev–Trinajstić information content (AvgIpc) is 2.99. The van der Waals surface area contributed by atoms with Crippen LogP contribution in [0, 0.1) is 0 Å². The fraction of sp³-hybridized carbons (Fsp3) is 0.273. The van der Waals surface area contributed by atoms with Gasteiger partial charge in [0, 0.05) is 11.4 Å². The van der Waals surface area contributed by atoms with Gasteiger partial charge in [0.05, 0.1) is 5.69 Å². The van der Waals surface area contributed by atoms with E-state index in [1.165, 1.54) is 0 Å². The lowest BCUT2D eigenvalue weighted by molar-refractivity contribution is 0.111. The molecule has 0 N–H and O–H groups in total. The average molecular weight is 221 g/mol. The van der Waals surface area contributed by atoms with E-state index in [4.69, 9.17) is 11.6 Å². The van der Waals surface area contributed by atoms with E-state index < -0.39 is 0 Å². The summed E-state index contributed by atoms with van der Waals surface area (Å²) in [6, 6.07) is 5.95. The van der Waals surface area contributed by atoms with Gasteiger partial charge in [-0.3, -0.25) is 4.79 Å². The summed E-state index contributed by atoms with van der Waals surface area (Å²) >= 11 is 5.86. The van der Waals surface area contributed by atoms with Gasteiger partial charge in [-0.05, 0) is 31.0 Å². The molecule has 0 radical (unpaired) electrons. The molecule has 4 heteroatoms. The van der Waals surface area contributed by atoms with Gasteiger partial charge >= 0.3 is 0 Å². The van der Waals surface area contributed by atoms with Gasteiger partial charge in [-0.15, -0.1) is 0 Å². The number of carbonyl (C=O) groups is 1. The Labute approximate surface area is 91.7 Å². The van der Waals surface area contributed by atoms with Crippen molar-refractivity contribution in [1.29, 1.82) is 0 Å². The third-order valence-corrected chi connectivity index (χ3v) is 2.92. The molecule has 3 rings (SSSR count). The van der Waals surface area contributed by atoms with Crippen molar-refractivity contribution in [3.05, 3.63) is 29.0 Å². The van der Waals surface area contributed by atoms with Gasteiger partial charge in [-0.25, -0.2) is 4.98 Å². The molecule has 2 heterocycles. The van der Waals surface area contributed by atoms with Gasteiger partial charge in [0.1, 0.15) is 10.8 Å². The van der Waals surface area contributed by atoms with Crippen LogP contribution in [0.1, 0.15) is 29.4 Å². The Bertz CT molecular complexity index is 543. The molecule has 0 bridgehead atoms. The maximum absolute atomic E-state index is 10.9. The minimum atomic E-state index is 0.439. The zero-order valence-corrected chi connectivity index (χ0v) is 8.74. The molecule has 15 heavy (non-hydrogen) atoms. The predicted octanol–water partition coefficient (Wildman–Crippen LogP) is 2.84. The Balaban J connectivity index is 2.34. The van der Waals surface area contributed by atoms with Crippen LogP contribution in [0.3, 0.4) is 0 Å². The van der Waals surface area contributed by atoms with Gasteiger partial charge < -0.3 is 4.57 Å². The number of aromatic nitrogens is 2. The molecule has 1 fully saturated rings. The van der Waals surface area contributed by atoms with Crippen molar-refractivity contribution in [3.63, 3.8) is 0 Å². The number of rotatable bonds is 2. The topological polar surface area (TPSA) is 34.9 Å². The van der Waals surface area contributed by atoms with Crippen molar-refractivity contribution in [2.75, 3.05) is 0 Å². The highest BCUT2D eigenvalue weighted by molar-refractivity contribution is 6.29. The number of nitrogens with zero attached hydrogens (tertiary/aromatic N) is 2. The van der Waals surface area contributed by atoms with E-state index in [1.807, 2.05) is 16.7 Å². The van der Waals surface area contributed by atoms with Crippen LogP contribution in [-0.4, -0.2) is 15.8 Å². The summed E-state index contributed by atoms with van der Waals surface area (Å²) in [4.78, 5) is 15.2. The molecular weight excluding hydrogens is 212 g/mol. The van der Waals surface area contributed by atoms with Crippen LogP contribution in [-0.2, 0) is 0 Å². The summed E-state index contributed by atoms with van der Waals surface area (Å²) in [5.74, 6) is 0. The number of fused-ring (bicyclic) bond motifs is 1. The Hall–Kier alpha value is -1.35. The van der Waals surface area contributed by atoms with E-state index in [2.05, 4.69) is 4.98 Å². The maximum atomic E-state index is 10.9. The second-order valence-electron chi connectivity index (χ2n) is 3.84. The van der Waals surface area contributed by atoms with Gasteiger partial charge in [-0.2, -0.15) is 0 Å². The van der Waals surface area contributed by atoms with Crippen LogP contribution < -0.4 is 0 Å². The van der Waals surface area contributed by atoms with E-state index >= 15 is 0 Å². The van der Waals surface area contributed by atoms with Gasteiger partial charge in [-0.1, -0.05) is 11.6 Å². The third kappa shape index (κ3) is 1.35. The van der Waals surface area contributed by atoms with Gasteiger partial charge in [0.2, 0.25) is 0 Å². The van der Waals surface area contributed by atoms with Crippen molar-refractivity contribution in [2.45, 2.75) is 18.9 Å². The summed E-state index contributed by atoms with van der Waals surface area (Å²) in [6.45, 7) is 0. The molecule has 2 aromatic heterocycles. The smallest absolute Gasteiger partial charge is 0.166 e. The van der Waals surface area contributed by atoms with Crippen molar-refractivity contribution in [2.24, 2.45) is 0 Å². The maximum Gasteiger partial charge on any atom is 0.166 e. The minimum absolute atomic E-state index is 0.439. The zero-order chi connectivity index (χ0) is 10.4. The van der Waals surface area contributed by atoms with Crippen molar-refractivity contribution >= 4 is 28.9 Å². The highest BCUT2D eigenvalue weighted by Gasteiger charge is 2.27. The highest BCUT2D eigenvalue weighted by atomic mass is 35.5. The molecule has 0 aromatic carbocycles. The number of pyridine rings is 1. The molecule has 0 spiro atoms. The van der Waals surface area contributed by atoms with Crippen molar-refractivity contribution in [3.8, 4) is 0 Å². The number of carbonyl (C=O) groups excluding carboxylic acids is 1. The third-order valence-electron chi connectivity index (χ3n) is 2.71. The summed E-state index contributed by atoms with van der Waals surface area (Å²) in [7, 11) is 0. The molecule has 3 nitrogen and oxygen atoms in total. The Morgan fingerprint density at radius 3 is 2.93 bits per heavy atom. The van der Waals surface area contributed by atoms with Crippen LogP contribution in [0.15, 0.2) is 18.2 Å². The molecule has 1 aliphatic rings. The molecule has 0 saturated heterocycles. The van der Waals surface area contributed by atoms with E-state index in [-0.39, 0.29) is 0 Å². The van der Waals surface area contributed by atoms with Crippen LogP contribution in [0.2, 0.25) is 5.15 Å². The number of hydrogen-bond donors (Lipinski definition) is 0. The first kappa shape index (κ1) is 8.92. The summed E-state index contributed by atoms with van der Waals surface area (Å²) in [5.41, 5.74) is 1.52. The quantitative estimate of drug-likeness (QED) is 0.576. The largest absolute Gasteiger partial charge is 0.320 e. The van der Waals surface area contributed by atoms with Crippen LogP contribution >= 0.6 is 11.6 Å². The molecule has 0 amide bonds.